The molecule has 2 N–H and O–H groups in total. The van der Waals surface area contributed by atoms with Gasteiger partial charge in [0.1, 0.15) is 0 Å². The zero-order valence-corrected chi connectivity index (χ0v) is 15.1. The van der Waals surface area contributed by atoms with Gasteiger partial charge >= 0.3 is 0 Å². The third-order valence-corrected chi connectivity index (χ3v) is 4.91. The number of fused-ring (bicyclic) bond motifs is 1. The van der Waals surface area contributed by atoms with Crippen molar-refractivity contribution < 1.29 is 9.90 Å². The van der Waals surface area contributed by atoms with Crippen LogP contribution in [-0.4, -0.2) is 29.1 Å². The summed E-state index contributed by atoms with van der Waals surface area (Å²) in [7, 11) is 0. The van der Waals surface area contributed by atoms with Crippen molar-refractivity contribution in [3.8, 4) is 0 Å². The number of carbonyl (C=O) groups is 1. The molecule has 1 aromatic heterocycles. The first-order chi connectivity index (χ1) is 12.5. The largest absolute Gasteiger partial charge is 0.396 e. The second kappa shape index (κ2) is 7.67. The van der Waals surface area contributed by atoms with Crippen molar-refractivity contribution in [3.63, 3.8) is 0 Å². The number of aliphatic hydroxyl groups is 1. The Morgan fingerprint density at radius 2 is 1.85 bits per heavy atom. The fourth-order valence-corrected chi connectivity index (χ4v) is 3.23. The first kappa shape index (κ1) is 18.1. The van der Waals surface area contributed by atoms with Gasteiger partial charge in [-0.05, 0) is 29.2 Å². The molecule has 1 atom stereocenters. The van der Waals surface area contributed by atoms with Crippen molar-refractivity contribution in [1.29, 1.82) is 0 Å². The molecule has 1 heterocycles. The lowest BCUT2D eigenvalue weighted by Crippen LogP contribution is -2.37. The Kier molecular flexibility index (Phi) is 5.33. The normalized spacial score (nSPS) is 12.7. The monoisotopic (exact) mass is 348 g/mol. The van der Waals surface area contributed by atoms with Crippen LogP contribution in [0.5, 0.6) is 0 Å². The summed E-state index contributed by atoms with van der Waals surface area (Å²) in [4.78, 5) is 17.1. The van der Waals surface area contributed by atoms with Gasteiger partial charge in [-0.3, -0.25) is 9.78 Å². The van der Waals surface area contributed by atoms with Gasteiger partial charge in [-0.25, -0.2) is 0 Å². The fourth-order valence-electron chi connectivity index (χ4n) is 3.23. The predicted octanol–water partition coefficient (Wildman–Crippen LogP) is 3.77. The molecule has 134 valence electrons. The standard InChI is InChI=1S/C22H24N2O2/c1-22(2,15-25)19(16-8-4-3-5-9-16)14-24-21(26)18-10-6-12-20-17(18)11-7-13-23-20/h3-13,19,25H,14-15H2,1-2H3,(H,24,26). The minimum atomic E-state index is -0.352. The summed E-state index contributed by atoms with van der Waals surface area (Å²) in [6.45, 7) is 4.52. The van der Waals surface area contributed by atoms with Crippen molar-refractivity contribution in [2.75, 3.05) is 13.2 Å². The molecule has 3 aromatic rings. The number of aromatic nitrogens is 1. The third-order valence-electron chi connectivity index (χ3n) is 4.91. The number of hydrogen-bond donors (Lipinski definition) is 2. The van der Waals surface area contributed by atoms with Gasteiger partial charge in [0.25, 0.3) is 5.91 Å². The van der Waals surface area contributed by atoms with Crippen molar-refractivity contribution in [2.45, 2.75) is 19.8 Å². The van der Waals surface area contributed by atoms with Gasteiger partial charge in [-0.2, -0.15) is 0 Å². The van der Waals surface area contributed by atoms with Crippen LogP contribution in [0, 0.1) is 5.41 Å². The lowest BCUT2D eigenvalue weighted by molar-refractivity contribution is 0.0921. The van der Waals surface area contributed by atoms with Crippen LogP contribution < -0.4 is 5.32 Å². The Morgan fingerprint density at radius 3 is 2.58 bits per heavy atom. The van der Waals surface area contributed by atoms with E-state index < -0.39 is 0 Å². The predicted molar refractivity (Wildman–Crippen MR) is 104 cm³/mol. The van der Waals surface area contributed by atoms with Crippen LogP contribution >= 0.6 is 0 Å². The second-order valence-corrected chi connectivity index (χ2v) is 7.20. The fraction of sp³-hybridized carbons (Fsp3) is 0.273. The molecule has 0 aliphatic heterocycles. The van der Waals surface area contributed by atoms with Crippen LogP contribution in [0.4, 0.5) is 0 Å². The highest BCUT2D eigenvalue weighted by Gasteiger charge is 2.30. The molecule has 4 heteroatoms. The Balaban J connectivity index is 1.84. The van der Waals surface area contributed by atoms with E-state index in [0.29, 0.717) is 12.1 Å². The first-order valence-corrected chi connectivity index (χ1v) is 8.80. The average Bonchev–Trinajstić information content (AvgIpc) is 2.68. The molecule has 3 rings (SSSR count). The Hall–Kier alpha value is -2.72. The molecule has 0 bridgehead atoms. The van der Waals surface area contributed by atoms with E-state index in [4.69, 9.17) is 0 Å². The quantitative estimate of drug-likeness (QED) is 0.713. The summed E-state index contributed by atoms with van der Waals surface area (Å²) < 4.78 is 0. The zero-order chi connectivity index (χ0) is 18.6. The molecule has 4 nitrogen and oxygen atoms in total. The van der Waals surface area contributed by atoms with Crippen LogP contribution in [0.1, 0.15) is 35.7 Å². The van der Waals surface area contributed by atoms with Gasteiger partial charge in [-0.15, -0.1) is 0 Å². The molecule has 0 fully saturated rings. The van der Waals surface area contributed by atoms with Crippen LogP contribution in [-0.2, 0) is 0 Å². The number of aliphatic hydroxyl groups excluding tert-OH is 1. The first-order valence-electron chi connectivity index (χ1n) is 8.80. The maximum Gasteiger partial charge on any atom is 0.251 e. The number of pyridine rings is 1. The summed E-state index contributed by atoms with van der Waals surface area (Å²) in [5, 5.41) is 13.7. The number of carbonyl (C=O) groups excluding carboxylic acids is 1. The number of nitrogens with zero attached hydrogens (tertiary/aromatic N) is 1. The van der Waals surface area contributed by atoms with Crippen LogP contribution in [0.25, 0.3) is 10.9 Å². The van der Waals surface area contributed by atoms with Gasteiger partial charge in [0.05, 0.1) is 5.52 Å². The topological polar surface area (TPSA) is 62.2 Å². The molecule has 1 amide bonds. The molecule has 0 aliphatic rings. The number of amides is 1. The molecule has 2 aromatic carbocycles. The van der Waals surface area contributed by atoms with Gasteiger partial charge in [0.15, 0.2) is 0 Å². The number of benzene rings is 2. The lowest BCUT2D eigenvalue weighted by Gasteiger charge is -2.33. The van der Waals surface area contributed by atoms with E-state index in [1.807, 2.05) is 74.5 Å². The number of hydrogen-bond acceptors (Lipinski definition) is 3. The summed E-state index contributed by atoms with van der Waals surface area (Å²) in [6, 6.07) is 19.3. The van der Waals surface area contributed by atoms with Gasteiger partial charge in [0.2, 0.25) is 0 Å². The van der Waals surface area contributed by atoms with E-state index >= 15 is 0 Å². The zero-order valence-electron chi connectivity index (χ0n) is 15.1. The van der Waals surface area contributed by atoms with E-state index in [1.165, 1.54) is 0 Å². The Morgan fingerprint density at radius 1 is 1.08 bits per heavy atom. The molecular weight excluding hydrogens is 324 g/mol. The van der Waals surface area contributed by atoms with Gasteiger partial charge in [0, 0.05) is 36.2 Å². The second-order valence-electron chi connectivity index (χ2n) is 7.20. The summed E-state index contributed by atoms with van der Waals surface area (Å²) in [5.41, 5.74) is 2.17. The van der Waals surface area contributed by atoms with Crippen molar-refractivity contribution >= 4 is 16.8 Å². The van der Waals surface area contributed by atoms with E-state index in [-0.39, 0.29) is 23.8 Å². The molecule has 0 aliphatic carbocycles. The van der Waals surface area contributed by atoms with Crippen LogP contribution in [0.15, 0.2) is 66.9 Å². The molecule has 0 saturated heterocycles. The minimum absolute atomic E-state index is 0.00533. The SMILES string of the molecule is CC(C)(CO)C(CNC(=O)c1cccc2ncccc12)c1ccccc1. The number of rotatable bonds is 6. The Bertz CT molecular complexity index is 886. The maximum atomic E-state index is 12.8. The Labute approximate surface area is 153 Å². The highest BCUT2D eigenvalue weighted by molar-refractivity contribution is 6.06. The average molecular weight is 348 g/mol. The molecule has 26 heavy (non-hydrogen) atoms. The van der Waals surface area contributed by atoms with Crippen molar-refractivity contribution in [2.24, 2.45) is 5.41 Å². The summed E-state index contributed by atoms with van der Waals surface area (Å²) in [6.07, 6.45) is 1.72. The molecule has 0 saturated carbocycles. The van der Waals surface area contributed by atoms with Crippen molar-refractivity contribution in [3.05, 3.63) is 78.0 Å². The molecular formula is C22H24N2O2. The highest BCUT2D eigenvalue weighted by atomic mass is 16.3. The smallest absolute Gasteiger partial charge is 0.251 e. The van der Waals surface area contributed by atoms with E-state index in [0.717, 1.165) is 16.5 Å². The van der Waals surface area contributed by atoms with Gasteiger partial charge < -0.3 is 10.4 Å². The van der Waals surface area contributed by atoms with Gasteiger partial charge in [-0.1, -0.05) is 56.3 Å². The summed E-state index contributed by atoms with van der Waals surface area (Å²) in [5.74, 6) is -0.121. The molecule has 1 unspecified atom stereocenters. The van der Waals surface area contributed by atoms with E-state index in [9.17, 15) is 9.90 Å². The van der Waals surface area contributed by atoms with E-state index in [2.05, 4.69) is 10.3 Å². The van der Waals surface area contributed by atoms with Crippen molar-refractivity contribution in [1.82, 2.24) is 10.3 Å². The maximum absolute atomic E-state index is 12.8. The lowest BCUT2D eigenvalue weighted by atomic mass is 9.75. The summed E-state index contributed by atoms with van der Waals surface area (Å²) >= 11 is 0. The highest BCUT2D eigenvalue weighted by Crippen LogP contribution is 2.34. The van der Waals surface area contributed by atoms with Crippen LogP contribution in [0.2, 0.25) is 0 Å². The number of nitrogens with one attached hydrogen (secondary N) is 1. The minimum Gasteiger partial charge on any atom is -0.396 e. The van der Waals surface area contributed by atoms with Crippen LogP contribution in [0.3, 0.4) is 0 Å². The molecule has 0 spiro atoms. The molecule has 0 radical (unpaired) electrons. The van der Waals surface area contributed by atoms with E-state index in [1.54, 1.807) is 6.20 Å². The third kappa shape index (κ3) is 3.75.